The van der Waals surface area contributed by atoms with E-state index in [-0.39, 0.29) is 37.3 Å². The van der Waals surface area contributed by atoms with Crippen molar-refractivity contribution in [2.24, 2.45) is 23.7 Å². The number of hydrogen-bond donors (Lipinski definition) is 6. The van der Waals surface area contributed by atoms with E-state index in [1.54, 1.807) is 48.5 Å². The van der Waals surface area contributed by atoms with Crippen LogP contribution >= 0.6 is 0 Å². The number of nitriles is 1. The molecule has 3 aliphatic heterocycles. The highest BCUT2D eigenvalue weighted by Crippen LogP contribution is 2.41. The van der Waals surface area contributed by atoms with E-state index in [2.05, 4.69) is 11.4 Å². The molecule has 0 aromatic heterocycles. The summed E-state index contributed by atoms with van der Waals surface area (Å²) in [7, 11) is 5.25. The number of ether oxygens (including phenoxy) is 6. The highest BCUT2D eigenvalue weighted by atomic mass is 16.7. The van der Waals surface area contributed by atoms with Crippen LogP contribution in [0.1, 0.15) is 108 Å². The monoisotopic (exact) mass is 802 g/mol. The maximum Gasteiger partial charge on any atom is 0.311 e. The summed E-state index contributed by atoms with van der Waals surface area (Å²) in [4.78, 5) is 16.2. The zero-order valence-electron chi connectivity index (χ0n) is 36.2. The van der Waals surface area contributed by atoms with Gasteiger partial charge in [-0.1, -0.05) is 27.7 Å². The molecule has 0 aliphatic carbocycles. The third-order valence-electron chi connectivity index (χ3n) is 13.0. The van der Waals surface area contributed by atoms with Gasteiger partial charge in [-0.15, -0.1) is 0 Å². The molecule has 0 aromatic rings. The Labute approximate surface area is 335 Å². The van der Waals surface area contributed by atoms with Crippen molar-refractivity contribution in [2.75, 3.05) is 27.7 Å². The molecule has 3 rings (SSSR count). The van der Waals surface area contributed by atoms with Gasteiger partial charge in [0.15, 0.2) is 12.6 Å². The minimum Gasteiger partial charge on any atom is -0.459 e. The van der Waals surface area contributed by atoms with Crippen molar-refractivity contribution in [3.63, 3.8) is 0 Å². The Balaban J connectivity index is 2.22. The minimum atomic E-state index is -1.87. The van der Waals surface area contributed by atoms with Gasteiger partial charge in [-0.3, -0.25) is 4.79 Å². The number of methoxy groups -OCH3 is 1. The summed E-state index contributed by atoms with van der Waals surface area (Å²) in [6.07, 6.45) is -7.95. The van der Waals surface area contributed by atoms with E-state index in [1.165, 1.54) is 14.0 Å². The Morgan fingerprint density at radius 1 is 0.964 bits per heavy atom. The Morgan fingerprint density at radius 2 is 1.61 bits per heavy atom. The SMILES string of the molecule is CC[C@H]1OC(=O)[C@H](C)[C@@H](OC2CC(C)(OC)C(O)C(C)O2)[C@H](C)[C@@H](OC2OC(C)CC(N(C)C)C2O)[C@](C)(O)C[C@@H](C)[C@H](NCCCC#N)[C@H](C)[C@@H](O)[C@]1(C)O. The normalized spacial score (nSPS) is 47.5. The molecule has 3 fully saturated rings. The van der Waals surface area contributed by atoms with Gasteiger partial charge < -0.3 is 64.2 Å². The topological polar surface area (TPSA) is 213 Å². The molecule has 3 aliphatic rings. The zero-order chi connectivity index (χ0) is 42.5. The number of carbonyl (C=O) groups excluding carboxylic acids is 1. The summed E-state index contributed by atoms with van der Waals surface area (Å²) < 4.78 is 37.7. The molecule has 0 bridgehead atoms. The molecule has 0 amide bonds. The fraction of sp³-hybridized carbons (Fsp3) is 0.951. The lowest BCUT2D eigenvalue weighted by Crippen LogP contribution is -2.62. The quantitative estimate of drug-likeness (QED) is 0.131. The molecule has 6 N–H and O–H groups in total. The fourth-order valence-corrected chi connectivity index (χ4v) is 9.43. The number of nitrogens with one attached hydrogen (secondary N) is 1. The first-order valence-corrected chi connectivity index (χ1v) is 20.6. The summed E-state index contributed by atoms with van der Waals surface area (Å²) in [6, 6.07) is 1.37. The lowest BCUT2D eigenvalue weighted by atomic mass is 9.72. The number of aliphatic hydroxyl groups is 5. The standard InChI is InChI=1S/C41H75N3O12/c1-14-29-41(10,50)34(46)24(4)31(43-18-16-15-17-42)22(2)20-39(8,49)36(56-38-32(45)28(44(11)12)19-23(3)52-38)25(5)33(26(6)37(48)54-29)55-30-21-40(9,51-13)35(47)27(7)53-30/h22-36,38,43,45-47,49-50H,14-16,18-21H2,1-13H3/t22-,23?,24+,25+,26-,27?,28?,29-,30?,31+,32?,33+,34-,35?,36-,38?,39-,40?,41-/m1/s1. The third-order valence-corrected chi connectivity index (χ3v) is 13.0. The van der Waals surface area contributed by atoms with Crippen molar-refractivity contribution in [1.82, 2.24) is 10.2 Å². The van der Waals surface area contributed by atoms with Crippen molar-refractivity contribution in [2.45, 2.75) is 198 Å². The van der Waals surface area contributed by atoms with Crippen LogP contribution in [-0.4, -0.2) is 154 Å². The van der Waals surface area contributed by atoms with Crippen LogP contribution in [0.2, 0.25) is 0 Å². The highest BCUT2D eigenvalue weighted by Gasteiger charge is 2.53. The van der Waals surface area contributed by atoms with Crippen LogP contribution in [0.15, 0.2) is 0 Å². The maximum atomic E-state index is 14.3. The summed E-state index contributed by atoms with van der Waals surface area (Å²) >= 11 is 0. The first-order valence-electron chi connectivity index (χ1n) is 20.6. The molecular weight excluding hydrogens is 726 g/mol. The van der Waals surface area contributed by atoms with Gasteiger partial charge in [0.1, 0.15) is 23.9 Å². The number of carbonyl (C=O) groups is 1. The molecular formula is C41H75N3O12. The first kappa shape index (κ1) is 48.8. The number of rotatable bonds is 11. The van der Waals surface area contributed by atoms with E-state index in [4.69, 9.17) is 28.4 Å². The Hall–Kier alpha value is -1.52. The zero-order valence-corrected chi connectivity index (χ0v) is 36.2. The van der Waals surface area contributed by atoms with Crippen molar-refractivity contribution < 1.29 is 58.7 Å². The summed E-state index contributed by atoms with van der Waals surface area (Å²) in [5.41, 5.74) is -4.59. The van der Waals surface area contributed by atoms with Gasteiger partial charge in [0.05, 0.1) is 53.7 Å². The van der Waals surface area contributed by atoms with Crippen molar-refractivity contribution in [3.05, 3.63) is 0 Å². The predicted molar refractivity (Wildman–Crippen MR) is 208 cm³/mol. The molecule has 0 aromatic carbocycles. The number of cyclic esters (lactones) is 1. The smallest absolute Gasteiger partial charge is 0.311 e. The van der Waals surface area contributed by atoms with Crippen LogP contribution in [-0.2, 0) is 33.2 Å². The van der Waals surface area contributed by atoms with Crippen LogP contribution in [0.5, 0.6) is 0 Å². The van der Waals surface area contributed by atoms with E-state index in [1.807, 2.05) is 32.8 Å². The second-order valence-corrected chi connectivity index (χ2v) is 18.0. The number of aliphatic hydroxyl groups excluding tert-OH is 3. The third kappa shape index (κ3) is 11.2. The maximum absolute atomic E-state index is 14.3. The first-order chi connectivity index (χ1) is 26.0. The number of hydrogen-bond acceptors (Lipinski definition) is 15. The van der Waals surface area contributed by atoms with Crippen molar-refractivity contribution in [1.29, 1.82) is 5.26 Å². The van der Waals surface area contributed by atoms with E-state index < -0.39 is 102 Å². The molecule has 3 saturated heterocycles. The second kappa shape index (κ2) is 20.2. The summed E-state index contributed by atoms with van der Waals surface area (Å²) in [5.74, 6) is -3.51. The largest absolute Gasteiger partial charge is 0.459 e. The van der Waals surface area contributed by atoms with Crippen molar-refractivity contribution in [3.8, 4) is 6.07 Å². The van der Waals surface area contributed by atoms with Gasteiger partial charge in [-0.05, 0) is 93.8 Å². The van der Waals surface area contributed by atoms with E-state index in [0.29, 0.717) is 25.8 Å². The van der Waals surface area contributed by atoms with Gasteiger partial charge in [-0.2, -0.15) is 5.26 Å². The van der Waals surface area contributed by atoms with Crippen LogP contribution in [0.4, 0.5) is 0 Å². The number of likely N-dealkylation sites (N-methyl/N-ethyl adjacent to an activating group) is 1. The second-order valence-electron chi connectivity index (χ2n) is 18.0. The molecule has 3 heterocycles. The molecule has 0 radical (unpaired) electrons. The van der Waals surface area contributed by atoms with Crippen LogP contribution < -0.4 is 5.32 Å². The molecule has 15 nitrogen and oxygen atoms in total. The molecule has 0 saturated carbocycles. The number of nitrogens with zero attached hydrogens (tertiary/aromatic N) is 2. The van der Waals surface area contributed by atoms with Crippen LogP contribution in [0, 0.1) is 35.0 Å². The van der Waals surface area contributed by atoms with Gasteiger partial charge in [-0.25, -0.2) is 0 Å². The van der Waals surface area contributed by atoms with Gasteiger partial charge >= 0.3 is 5.97 Å². The molecule has 19 atom stereocenters. The minimum absolute atomic E-state index is 0.111. The van der Waals surface area contributed by atoms with E-state index in [9.17, 15) is 35.6 Å². The average molecular weight is 802 g/mol. The van der Waals surface area contributed by atoms with Crippen LogP contribution in [0.3, 0.4) is 0 Å². The average Bonchev–Trinajstić information content (AvgIpc) is 3.12. The predicted octanol–water partition coefficient (Wildman–Crippen LogP) is 2.48. The van der Waals surface area contributed by atoms with Crippen LogP contribution in [0.25, 0.3) is 0 Å². The van der Waals surface area contributed by atoms with E-state index in [0.717, 1.165) is 0 Å². The summed E-state index contributed by atoms with van der Waals surface area (Å²) in [6.45, 7) is 17.9. The van der Waals surface area contributed by atoms with E-state index >= 15 is 0 Å². The molecule has 0 spiro atoms. The fourth-order valence-electron chi connectivity index (χ4n) is 9.43. The number of unbranched alkanes of at least 4 members (excludes halogenated alkanes) is 1. The van der Waals surface area contributed by atoms with Crippen molar-refractivity contribution >= 4 is 5.97 Å². The molecule has 56 heavy (non-hydrogen) atoms. The molecule has 326 valence electrons. The molecule has 15 heteroatoms. The lowest BCUT2D eigenvalue weighted by Gasteiger charge is -2.49. The Bertz CT molecular complexity index is 1280. The van der Waals surface area contributed by atoms with Gasteiger partial charge in [0.25, 0.3) is 0 Å². The Kier molecular flexibility index (Phi) is 17.6. The summed E-state index contributed by atoms with van der Waals surface area (Å²) in [5, 5.41) is 71.9. The lowest BCUT2D eigenvalue weighted by molar-refractivity contribution is -0.318. The highest BCUT2D eigenvalue weighted by molar-refractivity contribution is 5.73. The Morgan fingerprint density at radius 3 is 2.18 bits per heavy atom. The number of esters is 1. The molecule has 8 unspecified atom stereocenters. The van der Waals surface area contributed by atoms with Gasteiger partial charge in [0.2, 0.25) is 0 Å². The van der Waals surface area contributed by atoms with Gasteiger partial charge in [0, 0.05) is 43.9 Å².